The summed E-state index contributed by atoms with van der Waals surface area (Å²) >= 11 is 0. The highest BCUT2D eigenvalue weighted by Gasteiger charge is 2.43. The second-order valence-electron chi connectivity index (χ2n) is 9.22. The molecule has 142 valence electrons. The van der Waals surface area contributed by atoms with E-state index in [1.54, 1.807) is 0 Å². The smallest absolute Gasteiger partial charge is 0.276 e. The zero-order valence-corrected chi connectivity index (χ0v) is 17.1. The molecule has 0 saturated heterocycles. The van der Waals surface area contributed by atoms with Crippen LogP contribution in [0.15, 0.2) is 24.3 Å². The summed E-state index contributed by atoms with van der Waals surface area (Å²) in [7, 11) is 0. The molecule has 3 N–H and O–H groups in total. The van der Waals surface area contributed by atoms with Crippen LogP contribution in [0.1, 0.15) is 71.6 Å². The molecule has 2 rings (SSSR count). The van der Waals surface area contributed by atoms with E-state index in [4.69, 9.17) is 0 Å². The summed E-state index contributed by atoms with van der Waals surface area (Å²) in [5, 5.41) is 14.4. The molecule has 0 aliphatic heterocycles. The lowest BCUT2D eigenvalue weighted by Gasteiger charge is -2.25. The molecule has 2 atom stereocenters. The van der Waals surface area contributed by atoms with Crippen LogP contribution in [0.25, 0.3) is 0 Å². The number of quaternary nitrogens is 1. The van der Waals surface area contributed by atoms with E-state index in [1.165, 1.54) is 11.1 Å². The highest BCUT2D eigenvalue weighted by atomic mass is 16.2. The molecular formula is C22H34N3O+. The van der Waals surface area contributed by atoms with Gasteiger partial charge < -0.3 is 10.6 Å². The molecule has 1 aromatic rings. The van der Waals surface area contributed by atoms with Crippen LogP contribution in [0.5, 0.6) is 0 Å². The van der Waals surface area contributed by atoms with E-state index in [1.807, 2.05) is 6.92 Å². The third kappa shape index (κ3) is 5.08. The maximum absolute atomic E-state index is 12.4. The van der Waals surface area contributed by atoms with Crippen molar-refractivity contribution in [3.05, 3.63) is 35.4 Å². The predicted molar refractivity (Wildman–Crippen MR) is 104 cm³/mol. The molecule has 1 fully saturated rings. The molecule has 0 aromatic heterocycles. The molecular weight excluding hydrogens is 322 g/mol. The summed E-state index contributed by atoms with van der Waals surface area (Å²) in [6.45, 7) is 13.2. The second-order valence-corrected chi connectivity index (χ2v) is 9.22. The van der Waals surface area contributed by atoms with Crippen molar-refractivity contribution in [3.63, 3.8) is 0 Å². The van der Waals surface area contributed by atoms with E-state index in [9.17, 15) is 10.1 Å². The van der Waals surface area contributed by atoms with Gasteiger partial charge in [-0.25, -0.2) is 0 Å². The Kier molecular flexibility index (Phi) is 6.13. The van der Waals surface area contributed by atoms with Gasteiger partial charge >= 0.3 is 0 Å². The lowest BCUT2D eigenvalue weighted by Crippen LogP contribution is -2.88. The largest absolute Gasteiger partial charge is 0.333 e. The van der Waals surface area contributed by atoms with Gasteiger partial charge in [-0.05, 0) is 36.7 Å². The molecule has 4 nitrogen and oxygen atoms in total. The van der Waals surface area contributed by atoms with Gasteiger partial charge in [0.15, 0.2) is 6.54 Å². The number of benzene rings is 1. The van der Waals surface area contributed by atoms with E-state index in [-0.39, 0.29) is 17.4 Å². The fourth-order valence-electron chi connectivity index (χ4n) is 3.46. The quantitative estimate of drug-likeness (QED) is 0.788. The van der Waals surface area contributed by atoms with Crippen LogP contribution in [0.4, 0.5) is 0 Å². The minimum atomic E-state index is -0.716. The Balaban J connectivity index is 2.00. The van der Waals surface area contributed by atoms with Crippen LogP contribution in [0, 0.1) is 23.2 Å². The highest BCUT2D eigenvalue weighted by Crippen LogP contribution is 2.39. The predicted octanol–water partition coefficient (Wildman–Crippen LogP) is 3.05. The molecule has 0 heterocycles. The van der Waals surface area contributed by atoms with Crippen molar-refractivity contribution in [3.8, 4) is 6.07 Å². The molecule has 1 saturated carbocycles. The van der Waals surface area contributed by atoms with Crippen LogP contribution in [0.2, 0.25) is 0 Å². The summed E-state index contributed by atoms with van der Waals surface area (Å²) in [5.41, 5.74) is 1.98. The number of hydrogen-bond acceptors (Lipinski definition) is 2. The molecule has 1 amide bonds. The van der Waals surface area contributed by atoms with Gasteiger partial charge in [0.2, 0.25) is 0 Å². The number of nitriles is 1. The first-order valence-corrected chi connectivity index (χ1v) is 9.73. The number of nitrogens with zero attached hydrogens (tertiary/aromatic N) is 1. The van der Waals surface area contributed by atoms with Crippen LogP contribution in [-0.4, -0.2) is 18.0 Å². The van der Waals surface area contributed by atoms with E-state index in [0.717, 1.165) is 12.8 Å². The summed E-state index contributed by atoms with van der Waals surface area (Å²) in [4.78, 5) is 12.4. The molecule has 1 aromatic carbocycles. The van der Waals surface area contributed by atoms with E-state index < -0.39 is 5.54 Å². The van der Waals surface area contributed by atoms with Crippen LogP contribution < -0.4 is 10.6 Å². The summed E-state index contributed by atoms with van der Waals surface area (Å²) in [6, 6.07) is 11.3. The van der Waals surface area contributed by atoms with Gasteiger partial charge in [-0.3, -0.25) is 4.79 Å². The fourth-order valence-corrected chi connectivity index (χ4v) is 3.46. The topological polar surface area (TPSA) is 69.5 Å². The SMILES string of the molecule is CC(C)[C@@H]([NH2+]CC(=O)N[C@@](C)(C#N)C1CC1)c1ccc(C(C)(C)C)cc1. The lowest BCUT2D eigenvalue weighted by atomic mass is 9.85. The Bertz CT molecular complexity index is 662. The van der Waals surface area contributed by atoms with Crippen LogP contribution in [0.3, 0.4) is 0 Å². The van der Waals surface area contributed by atoms with E-state index >= 15 is 0 Å². The monoisotopic (exact) mass is 356 g/mol. The Hall–Kier alpha value is -1.86. The maximum Gasteiger partial charge on any atom is 0.276 e. The van der Waals surface area contributed by atoms with Crippen molar-refractivity contribution in [2.75, 3.05) is 6.54 Å². The summed E-state index contributed by atoms with van der Waals surface area (Å²) in [6.07, 6.45) is 2.06. The molecule has 26 heavy (non-hydrogen) atoms. The van der Waals surface area contributed by atoms with Gasteiger partial charge in [-0.1, -0.05) is 58.9 Å². The standard InChI is InChI=1S/C22H33N3O/c1-15(2)20(16-7-9-17(10-8-16)21(3,4)5)24-13-19(26)25-22(6,14-23)18-11-12-18/h7-10,15,18,20,24H,11-13H2,1-6H3,(H,25,26)/p+1/t20-,22+/m1/s1. The third-order valence-corrected chi connectivity index (χ3v) is 5.46. The Labute approximate surface area is 158 Å². The molecule has 1 aliphatic carbocycles. The first kappa shape index (κ1) is 20.5. The number of amides is 1. The molecule has 1 aliphatic rings. The van der Waals surface area contributed by atoms with Gasteiger partial charge in [0.25, 0.3) is 5.91 Å². The van der Waals surface area contributed by atoms with Gasteiger partial charge in [0.1, 0.15) is 11.6 Å². The highest BCUT2D eigenvalue weighted by molar-refractivity contribution is 5.78. The molecule has 4 heteroatoms. The fraction of sp³-hybridized carbons (Fsp3) is 0.636. The normalized spacial score (nSPS) is 18.1. The van der Waals surface area contributed by atoms with Crippen molar-refractivity contribution in [2.45, 2.75) is 71.4 Å². The van der Waals surface area contributed by atoms with Crippen molar-refractivity contribution in [1.29, 1.82) is 5.26 Å². The first-order chi connectivity index (χ1) is 12.1. The number of carbonyl (C=O) groups is 1. The number of rotatable bonds is 7. The van der Waals surface area contributed by atoms with Crippen LogP contribution >= 0.6 is 0 Å². The summed E-state index contributed by atoms with van der Waals surface area (Å²) in [5.74, 6) is 0.661. The number of hydrogen-bond donors (Lipinski definition) is 2. The minimum absolute atomic E-state index is 0.0575. The van der Waals surface area contributed by atoms with Crippen molar-refractivity contribution < 1.29 is 10.1 Å². The number of nitrogens with two attached hydrogens (primary N) is 1. The number of nitrogens with one attached hydrogen (secondary N) is 1. The third-order valence-electron chi connectivity index (χ3n) is 5.46. The van der Waals surface area contributed by atoms with Crippen molar-refractivity contribution >= 4 is 5.91 Å². The lowest BCUT2D eigenvalue weighted by molar-refractivity contribution is -0.692. The Morgan fingerprint density at radius 2 is 1.81 bits per heavy atom. The molecule has 0 unspecified atom stereocenters. The molecule has 0 bridgehead atoms. The van der Waals surface area contributed by atoms with E-state index in [2.05, 4.69) is 75.6 Å². The summed E-state index contributed by atoms with van der Waals surface area (Å²) < 4.78 is 0. The first-order valence-electron chi connectivity index (χ1n) is 9.73. The van der Waals surface area contributed by atoms with Gasteiger partial charge in [0, 0.05) is 11.5 Å². The zero-order valence-electron chi connectivity index (χ0n) is 17.1. The average Bonchev–Trinajstić information content (AvgIpc) is 3.39. The Morgan fingerprint density at radius 1 is 1.23 bits per heavy atom. The van der Waals surface area contributed by atoms with Crippen molar-refractivity contribution in [1.82, 2.24) is 5.32 Å². The average molecular weight is 357 g/mol. The van der Waals surface area contributed by atoms with Gasteiger partial charge in [-0.15, -0.1) is 0 Å². The van der Waals surface area contributed by atoms with E-state index in [0.29, 0.717) is 18.4 Å². The Morgan fingerprint density at radius 3 is 2.23 bits per heavy atom. The number of carbonyl (C=O) groups excluding carboxylic acids is 1. The zero-order chi connectivity index (χ0) is 19.5. The molecule has 0 radical (unpaired) electrons. The van der Waals surface area contributed by atoms with Gasteiger partial charge in [0.05, 0.1) is 6.07 Å². The maximum atomic E-state index is 12.4. The second kappa shape index (κ2) is 7.80. The minimum Gasteiger partial charge on any atom is -0.333 e. The van der Waals surface area contributed by atoms with Crippen molar-refractivity contribution in [2.24, 2.45) is 11.8 Å². The molecule has 0 spiro atoms. The van der Waals surface area contributed by atoms with Gasteiger partial charge in [-0.2, -0.15) is 5.26 Å². The van der Waals surface area contributed by atoms with Crippen LogP contribution in [-0.2, 0) is 10.2 Å².